The number of nitrogens with one attached hydrogen (secondary N) is 1. The van der Waals surface area contributed by atoms with Crippen LogP contribution in [0.15, 0.2) is 17.5 Å². The molecule has 1 aliphatic heterocycles. The lowest BCUT2D eigenvalue weighted by Gasteiger charge is -2.21. The third-order valence-corrected chi connectivity index (χ3v) is 4.11. The summed E-state index contributed by atoms with van der Waals surface area (Å²) in [5.41, 5.74) is 0. The molecule has 1 saturated heterocycles. The van der Waals surface area contributed by atoms with E-state index in [-0.39, 0.29) is 0 Å². The zero-order chi connectivity index (χ0) is 11.7. The molecule has 1 fully saturated rings. The second kappa shape index (κ2) is 4.58. The molecule has 0 radical (unpaired) electrons. The van der Waals surface area contributed by atoms with Crippen molar-refractivity contribution in [3.05, 3.63) is 23.3 Å². The average Bonchev–Trinajstić information content (AvgIpc) is 2.99. The highest BCUT2D eigenvalue weighted by molar-refractivity contribution is 7.13. The smallest absolute Gasteiger partial charge is 0.191 e. The number of thiophene rings is 1. The largest absolute Gasteiger partial charge is 0.317 e. The van der Waals surface area contributed by atoms with Crippen LogP contribution in [0.1, 0.15) is 24.6 Å². The van der Waals surface area contributed by atoms with E-state index in [1.165, 1.54) is 0 Å². The number of aromatic nitrogens is 3. The highest BCUT2D eigenvalue weighted by atomic mass is 32.1. The molecule has 0 amide bonds. The number of piperidine rings is 1. The Balaban J connectivity index is 1.90. The Morgan fingerprint density at radius 2 is 2.24 bits per heavy atom. The summed E-state index contributed by atoms with van der Waals surface area (Å²) in [5, 5.41) is 9.97. The predicted molar refractivity (Wildman–Crippen MR) is 69.2 cm³/mol. The van der Waals surface area contributed by atoms with Crippen molar-refractivity contribution < 1.29 is 0 Å². The molecule has 5 heteroatoms. The number of aryl methyl sites for hydroxylation is 1. The lowest BCUT2D eigenvalue weighted by atomic mass is 9.97. The number of rotatable bonds is 2. The predicted octanol–water partition coefficient (Wildman–Crippen LogP) is 2.01. The molecular weight excluding hydrogens is 232 g/mol. The molecule has 0 spiro atoms. The van der Waals surface area contributed by atoms with E-state index >= 15 is 0 Å². The van der Waals surface area contributed by atoms with Gasteiger partial charge < -0.3 is 5.32 Å². The molecule has 17 heavy (non-hydrogen) atoms. The van der Waals surface area contributed by atoms with Gasteiger partial charge in [-0.25, -0.2) is 4.98 Å². The van der Waals surface area contributed by atoms with Crippen molar-refractivity contribution in [2.24, 2.45) is 7.05 Å². The standard InChI is InChI=1S/C12H16N4S/c1-16-12(9-4-6-13-7-5-9)14-11(15-16)10-3-2-8-17-10/h2-3,8-9,13H,4-7H2,1H3. The summed E-state index contributed by atoms with van der Waals surface area (Å²) in [6.45, 7) is 2.18. The molecule has 0 unspecified atom stereocenters. The quantitative estimate of drug-likeness (QED) is 0.884. The van der Waals surface area contributed by atoms with Gasteiger partial charge in [-0.05, 0) is 37.4 Å². The van der Waals surface area contributed by atoms with Gasteiger partial charge in [0, 0.05) is 13.0 Å². The summed E-state index contributed by atoms with van der Waals surface area (Å²) in [5.74, 6) is 2.56. The van der Waals surface area contributed by atoms with Crippen molar-refractivity contribution in [2.75, 3.05) is 13.1 Å². The van der Waals surface area contributed by atoms with E-state index in [4.69, 9.17) is 4.98 Å². The van der Waals surface area contributed by atoms with Crippen molar-refractivity contribution >= 4 is 11.3 Å². The van der Waals surface area contributed by atoms with E-state index in [1.54, 1.807) is 11.3 Å². The van der Waals surface area contributed by atoms with Gasteiger partial charge in [0.25, 0.3) is 0 Å². The summed E-state index contributed by atoms with van der Waals surface area (Å²) >= 11 is 1.69. The number of nitrogens with zero attached hydrogens (tertiary/aromatic N) is 3. The van der Waals surface area contributed by atoms with Crippen molar-refractivity contribution in [2.45, 2.75) is 18.8 Å². The maximum atomic E-state index is 4.71. The molecule has 3 heterocycles. The van der Waals surface area contributed by atoms with Crippen LogP contribution in [0.4, 0.5) is 0 Å². The lowest BCUT2D eigenvalue weighted by Crippen LogP contribution is -2.27. The van der Waals surface area contributed by atoms with Gasteiger partial charge in [0.15, 0.2) is 5.82 Å². The monoisotopic (exact) mass is 248 g/mol. The van der Waals surface area contributed by atoms with Gasteiger partial charge in [-0.3, -0.25) is 4.68 Å². The van der Waals surface area contributed by atoms with Crippen LogP contribution in [-0.2, 0) is 7.05 Å². The Morgan fingerprint density at radius 1 is 1.41 bits per heavy atom. The van der Waals surface area contributed by atoms with Crippen LogP contribution < -0.4 is 5.32 Å². The van der Waals surface area contributed by atoms with Gasteiger partial charge in [-0.2, -0.15) is 5.10 Å². The van der Waals surface area contributed by atoms with Gasteiger partial charge >= 0.3 is 0 Å². The first kappa shape index (κ1) is 10.9. The van der Waals surface area contributed by atoms with Crippen molar-refractivity contribution in [1.29, 1.82) is 0 Å². The fraction of sp³-hybridized carbons (Fsp3) is 0.500. The van der Waals surface area contributed by atoms with Crippen molar-refractivity contribution in [3.63, 3.8) is 0 Å². The van der Waals surface area contributed by atoms with E-state index in [0.717, 1.165) is 42.5 Å². The third-order valence-electron chi connectivity index (χ3n) is 3.24. The molecule has 3 rings (SSSR count). The zero-order valence-electron chi connectivity index (χ0n) is 9.89. The van der Waals surface area contributed by atoms with E-state index in [9.17, 15) is 0 Å². The van der Waals surface area contributed by atoms with Gasteiger partial charge in [-0.1, -0.05) is 6.07 Å². The molecule has 90 valence electrons. The molecule has 2 aromatic heterocycles. The fourth-order valence-electron chi connectivity index (χ4n) is 2.34. The summed E-state index contributed by atoms with van der Waals surface area (Å²) in [7, 11) is 2.00. The maximum absolute atomic E-state index is 4.71. The molecule has 0 bridgehead atoms. The minimum atomic E-state index is 0.558. The minimum Gasteiger partial charge on any atom is -0.317 e. The molecule has 0 aromatic carbocycles. The van der Waals surface area contributed by atoms with Crippen LogP contribution in [0.25, 0.3) is 10.7 Å². The van der Waals surface area contributed by atoms with Crippen molar-refractivity contribution in [1.82, 2.24) is 20.1 Å². The first-order valence-corrected chi connectivity index (χ1v) is 6.88. The maximum Gasteiger partial charge on any atom is 0.191 e. The summed E-state index contributed by atoms with van der Waals surface area (Å²) in [6.07, 6.45) is 2.33. The molecule has 0 aliphatic carbocycles. The third kappa shape index (κ3) is 2.12. The van der Waals surface area contributed by atoms with Crippen molar-refractivity contribution in [3.8, 4) is 10.7 Å². The molecule has 0 saturated carbocycles. The van der Waals surface area contributed by atoms with E-state index in [1.807, 2.05) is 17.8 Å². The summed E-state index contributed by atoms with van der Waals surface area (Å²) < 4.78 is 1.95. The Morgan fingerprint density at radius 3 is 2.94 bits per heavy atom. The van der Waals surface area contributed by atoms with Crippen LogP contribution in [0.5, 0.6) is 0 Å². The number of hydrogen-bond donors (Lipinski definition) is 1. The molecular formula is C12H16N4S. The number of hydrogen-bond acceptors (Lipinski definition) is 4. The molecule has 0 atom stereocenters. The van der Waals surface area contributed by atoms with Crippen LogP contribution in [-0.4, -0.2) is 27.9 Å². The molecule has 4 nitrogen and oxygen atoms in total. The van der Waals surface area contributed by atoms with Crippen LogP contribution in [0.3, 0.4) is 0 Å². The molecule has 2 aromatic rings. The van der Waals surface area contributed by atoms with E-state index in [0.29, 0.717) is 5.92 Å². The first-order chi connectivity index (χ1) is 8.34. The van der Waals surface area contributed by atoms with Gasteiger partial charge in [0.05, 0.1) is 4.88 Å². The Bertz CT molecular complexity index is 483. The lowest BCUT2D eigenvalue weighted by molar-refractivity contribution is 0.432. The van der Waals surface area contributed by atoms with Crippen LogP contribution in [0.2, 0.25) is 0 Å². The Kier molecular flexibility index (Phi) is 2.94. The normalized spacial score (nSPS) is 17.5. The van der Waals surface area contributed by atoms with E-state index in [2.05, 4.69) is 21.9 Å². The molecule has 1 aliphatic rings. The van der Waals surface area contributed by atoms with Crippen LogP contribution in [0, 0.1) is 0 Å². The second-order valence-corrected chi connectivity index (χ2v) is 5.37. The highest BCUT2D eigenvalue weighted by Gasteiger charge is 2.21. The Labute approximate surface area is 105 Å². The van der Waals surface area contributed by atoms with Gasteiger partial charge in [0.2, 0.25) is 0 Å². The average molecular weight is 248 g/mol. The summed E-state index contributed by atoms with van der Waals surface area (Å²) in [6, 6.07) is 4.12. The van der Waals surface area contributed by atoms with Gasteiger partial charge in [0.1, 0.15) is 5.82 Å². The first-order valence-electron chi connectivity index (χ1n) is 6.00. The van der Waals surface area contributed by atoms with E-state index < -0.39 is 0 Å². The SMILES string of the molecule is Cn1nc(-c2cccs2)nc1C1CCNCC1. The van der Waals surface area contributed by atoms with Gasteiger partial charge in [-0.15, -0.1) is 11.3 Å². The Hall–Kier alpha value is -1.20. The van der Waals surface area contributed by atoms with Crippen LogP contribution >= 0.6 is 11.3 Å². The molecule has 1 N–H and O–H groups in total. The highest BCUT2D eigenvalue weighted by Crippen LogP contribution is 2.27. The second-order valence-electron chi connectivity index (χ2n) is 4.42. The topological polar surface area (TPSA) is 42.7 Å². The fourth-order valence-corrected chi connectivity index (χ4v) is 3.00. The summed E-state index contributed by atoms with van der Waals surface area (Å²) in [4.78, 5) is 5.86. The zero-order valence-corrected chi connectivity index (χ0v) is 10.7. The minimum absolute atomic E-state index is 0.558.